The summed E-state index contributed by atoms with van der Waals surface area (Å²) in [5.41, 5.74) is 0.364. The van der Waals surface area contributed by atoms with Gasteiger partial charge in [0, 0.05) is 5.92 Å². The number of phenols is 1. The predicted octanol–water partition coefficient (Wildman–Crippen LogP) is 5.77. The van der Waals surface area contributed by atoms with Gasteiger partial charge in [0.2, 0.25) is 11.5 Å². The quantitative estimate of drug-likeness (QED) is 0.529. The molecule has 1 aliphatic carbocycles. The van der Waals surface area contributed by atoms with E-state index in [4.69, 9.17) is 9.52 Å². The lowest BCUT2D eigenvalue weighted by atomic mass is 9.85. The van der Waals surface area contributed by atoms with Crippen LogP contribution in [0.25, 0.3) is 11.0 Å². The van der Waals surface area contributed by atoms with Gasteiger partial charge in [-0.05, 0) is 56.2 Å². The van der Waals surface area contributed by atoms with E-state index in [1.54, 1.807) is 0 Å². The molecule has 1 aliphatic rings. The van der Waals surface area contributed by atoms with Crippen LogP contribution in [0.5, 0.6) is 11.5 Å². The van der Waals surface area contributed by atoms with Gasteiger partial charge in [0.25, 0.3) is 0 Å². The van der Waals surface area contributed by atoms with Gasteiger partial charge in [0.15, 0.2) is 11.5 Å². The second-order valence-corrected chi connectivity index (χ2v) is 7.34. The smallest absolute Gasteiger partial charge is 0.212 e. The van der Waals surface area contributed by atoms with Crippen molar-refractivity contribution in [3.8, 4) is 11.5 Å². The van der Waals surface area contributed by atoms with Crippen LogP contribution < -0.4 is 0 Å². The number of hydrogen-bond donors (Lipinski definition) is 2. The normalized spacial score (nSPS) is 14.2. The molecule has 1 heterocycles. The van der Waals surface area contributed by atoms with E-state index in [-0.39, 0.29) is 45.7 Å². The van der Waals surface area contributed by atoms with Gasteiger partial charge < -0.3 is 14.6 Å². The Balaban J connectivity index is 0.000000199. The van der Waals surface area contributed by atoms with Crippen LogP contribution in [-0.4, -0.2) is 21.8 Å². The van der Waals surface area contributed by atoms with Crippen LogP contribution in [-0.2, 0) is 0 Å². The molecule has 0 radical (unpaired) electrons. The van der Waals surface area contributed by atoms with Crippen molar-refractivity contribution in [2.24, 2.45) is 5.92 Å². The topological polar surface area (TPSA) is 87.7 Å². The maximum atomic E-state index is 13.1. The highest BCUT2D eigenvalue weighted by Crippen LogP contribution is 2.36. The second-order valence-electron chi connectivity index (χ2n) is 7.34. The molecule has 0 aliphatic heterocycles. The molecular formula is C23H22F2O5. The highest BCUT2D eigenvalue weighted by molar-refractivity contribution is 6.03. The van der Waals surface area contributed by atoms with E-state index in [0.29, 0.717) is 5.58 Å². The molecule has 1 fully saturated rings. The van der Waals surface area contributed by atoms with E-state index in [2.05, 4.69) is 0 Å². The maximum absolute atomic E-state index is 13.1. The summed E-state index contributed by atoms with van der Waals surface area (Å²) < 4.78 is 31.0. The van der Waals surface area contributed by atoms with E-state index in [1.807, 2.05) is 0 Å². The number of halogens is 2. The Labute approximate surface area is 171 Å². The van der Waals surface area contributed by atoms with Crippen LogP contribution in [0, 0.1) is 17.6 Å². The third-order valence-corrected chi connectivity index (χ3v) is 5.16. The molecule has 0 atom stereocenters. The summed E-state index contributed by atoms with van der Waals surface area (Å²) in [7, 11) is 0. The van der Waals surface area contributed by atoms with Crippen molar-refractivity contribution in [3.63, 3.8) is 0 Å². The average Bonchev–Trinajstić information content (AvgIpc) is 3.06. The van der Waals surface area contributed by atoms with Crippen LogP contribution in [0.15, 0.2) is 40.8 Å². The summed E-state index contributed by atoms with van der Waals surface area (Å²) >= 11 is 0. The van der Waals surface area contributed by atoms with E-state index < -0.39 is 11.6 Å². The molecule has 1 aromatic heterocycles. The minimum atomic E-state index is -0.520. The minimum Gasteiger partial charge on any atom is -0.507 e. The van der Waals surface area contributed by atoms with Gasteiger partial charge >= 0.3 is 0 Å². The monoisotopic (exact) mass is 416 g/mol. The summed E-state index contributed by atoms with van der Waals surface area (Å²) in [5.74, 6) is -1.99. The Kier molecular flexibility index (Phi) is 6.50. The molecule has 30 heavy (non-hydrogen) atoms. The maximum Gasteiger partial charge on any atom is 0.212 e. The zero-order chi connectivity index (χ0) is 21.8. The molecule has 0 amide bonds. The fourth-order valence-corrected chi connectivity index (χ4v) is 3.56. The van der Waals surface area contributed by atoms with E-state index in [1.165, 1.54) is 25.1 Å². The zero-order valence-electron chi connectivity index (χ0n) is 16.5. The Morgan fingerprint density at radius 3 is 2.23 bits per heavy atom. The number of carbonyl (C=O) groups excluding carboxylic acids is 2. The highest BCUT2D eigenvalue weighted by atomic mass is 19.1. The van der Waals surface area contributed by atoms with Gasteiger partial charge in [-0.25, -0.2) is 8.78 Å². The van der Waals surface area contributed by atoms with Crippen molar-refractivity contribution in [2.45, 2.75) is 39.0 Å². The fourth-order valence-electron chi connectivity index (χ4n) is 3.56. The second kappa shape index (κ2) is 9.07. The average molecular weight is 416 g/mol. The Morgan fingerprint density at radius 2 is 1.60 bits per heavy atom. The van der Waals surface area contributed by atoms with Gasteiger partial charge in [0.05, 0.1) is 10.9 Å². The number of furan rings is 1. The molecule has 0 unspecified atom stereocenters. The first kappa shape index (κ1) is 21.5. The van der Waals surface area contributed by atoms with Gasteiger partial charge in [-0.3, -0.25) is 9.59 Å². The molecule has 2 N–H and O–H groups in total. The molecule has 7 heteroatoms. The first-order valence-electron chi connectivity index (χ1n) is 9.72. The molecule has 158 valence electrons. The van der Waals surface area contributed by atoms with Crippen molar-refractivity contribution in [1.29, 1.82) is 0 Å². The summed E-state index contributed by atoms with van der Waals surface area (Å²) in [6.07, 6.45) is 4.90. The van der Waals surface area contributed by atoms with Crippen molar-refractivity contribution in [3.05, 3.63) is 59.4 Å². The van der Waals surface area contributed by atoms with Crippen LogP contribution in [0.3, 0.4) is 0 Å². The largest absolute Gasteiger partial charge is 0.507 e. The molecule has 4 rings (SSSR count). The van der Waals surface area contributed by atoms with Crippen molar-refractivity contribution < 1.29 is 33.0 Å². The number of hydrogen-bond acceptors (Lipinski definition) is 5. The number of ketones is 2. The molecular weight excluding hydrogens is 394 g/mol. The number of aromatic hydroxyl groups is 2. The molecule has 2 aromatic carbocycles. The summed E-state index contributed by atoms with van der Waals surface area (Å²) in [5, 5.41) is 19.3. The number of Topliss-reactive ketones (excluding diaryl/α,β-unsaturated/α-hetero) is 2. The summed E-state index contributed by atoms with van der Waals surface area (Å²) in [4.78, 5) is 23.0. The Hall–Kier alpha value is -3.22. The van der Waals surface area contributed by atoms with Gasteiger partial charge in [0.1, 0.15) is 23.0 Å². The Morgan fingerprint density at radius 1 is 0.967 bits per heavy atom. The fraction of sp³-hybridized carbons (Fsp3) is 0.304. The van der Waals surface area contributed by atoms with E-state index >= 15 is 0 Å². The van der Waals surface area contributed by atoms with Crippen molar-refractivity contribution >= 4 is 22.5 Å². The van der Waals surface area contributed by atoms with Gasteiger partial charge in [-0.1, -0.05) is 19.3 Å². The number of fused-ring (bicyclic) bond motifs is 1. The summed E-state index contributed by atoms with van der Waals surface area (Å²) in [6.45, 7) is 1.27. The van der Waals surface area contributed by atoms with Crippen molar-refractivity contribution in [1.82, 2.24) is 0 Å². The van der Waals surface area contributed by atoms with Gasteiger partial charge in [-0.2, -0.15) is 0 Å². The Bertz CT molecular complexity index is 1080. The summed E-state index contributed by atoms with van der Waals surface area (Å²) in [6, 6.07) is 7.14. The zero-order valence-corrected chi connectivity index (χ0v) is 16.5. The van der Waals surface area contributed by atoms with Crippen molar-refractivity contribution in [2.75, 3.05) is 0 Å². The molecule has 3 aromatic rings. The molecule has 1 saturated carbocycles. The lowest BCUT2D eigenvalue weighted by Gasteiger charge is -2.18. The van der Waals surface area contributed by atoms with Crippen LogP contribution in [0.1, 0.15) is 59.9 Å². The first-order valence-corrected chi connectivity index (χ1v) is 9.72. The highest BCUT2D eigenvalue weighted by Gasteiger charge is 2.28. The van der Waals surface area contributed by atoms with Crippen LogP contribution in [0.2, 0.25) is 0 Å². The van der Waals surface area contributed by atoms with E-state index in [0.717, 1.165) is 50.3 Å². The van der Waals surface area contributed by atoms with Crippen LogP contribution in [0.4, 0.5) is 8.78 Å². The molecule has 0 spiro atoms. The minimum absolute atomic E-state index is 0.0185. The number of phenolic OH excluding ortho intramolecular Hbond substituents is 1. The van der Waals surface area contributed by atoms with Gasteiger partial charge in [-0.15, -0.1) is 0 Å². The molecule has 0 bridgehead atoms. The first-order chi connectivity index (χ1) is 14.3. The standard InChI is InChI=1S/C15H15FO3.C8H7FO2/c16-10-6-7-12-11(8-10)14(18)15(19-12)13(17)9-4-2-1-3-5-9;1-5(10)7-4-6(9)2-3-8(7)11/h6-9,18H,1-5H2;2-4,11H,1H3. The molecule has 0 saturated heterocycles. The third-order valence-electron chi connectivity index (χ3n) is 5.16. The molecule has 5 nitrogen and oxygen atoms in total. The number of carbonyl (C=O) groups is 2. The predicted molar refractivity (Wildman–Crippen MR) is 107 cm³/mol. The SMILES string of the molecule is CC(=O)c1cc(F)ccc1O.O=C(c1oc2ccc(F)cc2c1O)C1CCCCC1. The van der Waals surface area contributed by atoms with Crippen LogP contribution >= 0.6 is 0 Å². The lowest BCUT2D eigenvalue weighted by molar-refractivity contribution is 0.0858. The number of rotatable bonds is 3. The number of benzene rings is 2. The third kappa shape index (κ3) is 4.67. The lowest BCUT2D eigenvalue weighted by Crippen LogP contribution is -2.17. The van der Waals surface area contributed by atoms with E-state index in [9.17, 15) is 23.5 Å².